The fourth-order valence-corrected chi connectivity index (χ4v) is 3.57. The van der Waals surface area contributed by atoms with E-state index in [0.29, 0.717) is 18.2 Å². The highest BCUT2D eigenvalue weighted by Gasteiger charge is 2.41. The number of hydrogen-bond donors (Lipinski definition) is 3. The number of para-hydroxylation sites is 1. The highest BCUT2D eigenvalue weighted by atomic mass is 16.5. The monoisotopic (exact) mass is 298 g/mol. The summed E-state index contributed by atoms with van der Waals surface area (Å²) < 4.78 is 5.88. The normalized spacial score (nSPS) is 27.5. The summed E-state index contributed by atoms with van der Waals surface area (Å²) in [5.41, 5.74) is 2.33. The summed E-state index contributed by atoms with van der Waals surface area (Å²) in [5, 5.41) is 8.13. The van der Waals surface area contributed by atoms with E-state index >= 15 is 0 Å². The van der Waals surface area contributed by atoms with Crippen LogP contribution >= 0.6 is 0 Å². The molecular weight excluding hydrogens is 276 g/mol. The lowest BCUT2D eigenvalue weighted by Crippen LogP contribution is -2.47. The Labute approximate surface area is 130 Å². The number of nitrogens with one attached hydrogen (secondary N) is 3. The van der Waals surface area contributed by atoms with Crippen molar-refractivity contribution >= 4 is 16.9 Å². The fourth-order valence-electron chi connectivity index (χ4n) is 3.57. The van der Waals surface area contributed by atoms with Crippen LogP contribution in [0.2, 0.25) is 0 Å². The van der Waals surface area contributed by atoms with Gasteiger partial charge in [-0.2, -0.15) is 0 Å². The smallest absolute Gasteiger partial charge is 0.191 e. The van der Waals surface area contributed by atoms with E-state index in [0.717, 1.165) is 24.6 Å². The minimum absolute atomic E-state index is 0.358. The summed E-state index contributed by atoms with van der Waals surface area (Å²) in [6, 6.07) is 10.9. The Morgan fingerprint density at radius 3 is 3.00 bits per heavy atom. The summed E-state index contributed by atoms with van der Waals surface area (Å²) in [6.07, 6.45) is 4.29. The number of hydrogen-bond acceptors (Lipinski definition) is 2. The maximum atomic E-state index is 5.88. The summed E-state index contributed by atoms with van der Waals surface area (Å²) in [7, 11) is 1.81. The van der Waals surface area contributed by atoms with Crippen molar-refractivity contribution in [1.82, 2.24) is 15.6 Å². The van der Waals surface area contributed by atoms with Crippen LogP contribution in [0.25, 0.3) is 10.9 Å². The van der Waals surface area contributed by atoms with Crippen molar-refractivity contribution in [2.24, 2.45) is 4.99 Å². The van der Waals surface area contributed by atoms with Crippen LogP contribution in [0.3, 0.4) is 0 Å². The standard InChI is InChI=1S/C17H22N4O/c1-18-17(21-15-9-13-6-7-16(15)22-13)19-10-12-8-11-4-2-3-5-14(11)20-12/h2-5,8,13,15-16,20H,6-7,9-10H2,1H3,(H2,18,19,21). The molecule has 5 heteroatoms. The molecule has 2 saturated heterocycles. The molecule has 2 aliphatic heterocycles. The van der Waals surface area contributed by atoms with Crippen LogP contribution in [0.5, 0.6) is 0 Å². The number of guanidine groups is 1. The predicted molar refractivity (Wildman–Crippen MR) is 87.9 cm³/mol. The van der Waals surface area contributed by atoms with Crippen molar-refractivity contribution in [3.05, 3.63) is 36.0 Å². The molecule has 116 valence electrons. The molecule has 0 aliphatic carbocycles. The average Bonchev–Trinajstić information content (AvgIpc) is 3.25. The first-order chi connectivity index (χ1) is 10.8. The molecule has 3 atom stereocenters. The zero-order valence-electron chi connectivity index (χ0n) is 12.8. The minimum atomic E-state index is 0.358. The first-order valence-electron chi connectivity index (χ1n) is 8.01. The number of H-pyrrole nitrogens is 1. The Kier molecular flexibility index (Phi) is 3.50. The van der Waals surface area contributed by atoms with Crippen LogP contribution < -0.4 is 10.6 Å². The largest absolute Gasteiger partial charge is 0.373 e. The van der Waals surface area contributed by atoms with E-state index in [1.165, 1.54) is 23.7 Å². The van der Waals surface area contributed by atoms with Gasteiger partial charge in [-0.15, -0.1) is 0 Å². The van der Waals surface area contributed by atoms with Gasteiger partial charge in [0.2, 0.25) is 0 Å². The Bertz CT molecular complexity index is 660. The number of nitrogens with zero attached hydrogens (tertiary/aromatic N) is 1. The molecule has 2 aromatic rings. The number of aliphatic imine (C=N–C) groups is 1. The van der Waals surface area contributed by atoms with Crippen LogP contribution in [0.1, 0.15) is 25.0 Å². The molecule has 22 heavy (non-hydrogen) atoms. The van der Waals surface area contributed by atoms with E-state index in [1.807, 2.05) is 13.1 Å². The molecule has 1 aromatic heterocycles. The molecule has 0 saturated carbocycles. The second kappa shape index (κ2) is 5.65. The van der Waals surface area contributed by atoms with Crippen molar-refractivity contribution in [3.8, 4) is 0 Å². The molecule has 0 radical (unpaired) electrons. The summed E-state index contributed by atoms with van der Waals surface area (Å²) in [4.78, 5) is 7.75. The molecule has 5 nitrogen and oxygen atoms in total. The maximum absolute atomic E-state index is 5.88. The quantitative estimate of drug-likeness (QED) is 0.601. The van der Waals surface area contributed by atoms with E-state index in [-0.39, 0.29) is 0 Å². The highest BCUT2D eigenvalue weighted by molar-refractivity contribution is 5.82. The number of ether oxygens (including phenoxy) is 1. The lowest BCUT2D eigenvalue weighted by molar-refractivity contribution is 0.0992. The zero-order chi connectivity index (χ0) is 14.9. The van der Waals surface area contributed by atoms with Gasteiger partial charge in [-0.25, -0.2) is 0 Å². The van der Waals surface area contributed by atoms with Gasteiger partial charge in [-0.05, 0) is 36.8 Å². The van der Waals surface area contributed by atoms with Gasteiger partial charge in [0, 0.05) is 18.3 Å². The van der Waals surface area contributed by atoms with Crippen LogP contribution in [-0.4, -0.2) is 36.2 Å². The van der Waals surface area contributed by atoms with Crippen molar-refractivity contribution in [2.45, 2.75) is 44.1 Å². The van der Waals surface area contributed by atoms with Gasteiger partial charge in [-0.3, -0.25) is 4.99 Å². The maximum Gasteiger partial charge on any atom is 0.191 e. The third-order valence-electron chi connectivity index (χ3n) is 4.68. The molecule has 1 aromatic carbocycles. The van der Waals surface area contributed by atoms with Gasteiger partial charge in [0.05, 0.1) is 24.8 Å². The van der Waals surface area contributed by atoms with Crippen molar-refractivity contribution < 1.29 is 4.74 Å². The van der Waals surface area contributed by atoms with Crippen LogP contribution in [-0.2, 0) is 11.3 Å². The molecule has 0 amide bonds. The molecular formula is C17H22N4O. The van der Waals surface area contributed by atoms with Crippen molar-refractivity contribution in [3.63, 3.8) is 0 Å². The Hall–Kier alpha value is -2.01. The SMILES string of the molecule is CN=C(NCc1cc2ccccc2[nH]1)NC1CC2CCC1O2. The molecule has 2 bridgehead atoms. The Morgan fingerprint density at radius 2 is 2.27 bits per heavy atom. The minimum Gasteiger partial charge on any atom is -0.373 e. The second-order valence-corrected chi connectivity index (χ2v) is 6.17. The fraction of sp³-hybridized carbons (Fsp3) is 0.471. The van der Waals surface area contributed by atoms with Gasteiger partial charge in [-0.1, -0.05) is 18.2 Å². The lowest BCUT2D eigenvalue weighted by Gasteiger charge is -2.22. The van der Waals surface area contributed by atoms with Gasteiger partial charge < -0.3 is 20.4 Å². The van der Waals surface area contributed by atoms with Crippen molar-refractivity contribution in [1.29, 1.82) is 0 Å². The van der Waals surface area contributed by atoms with E-state index in [4.69, 9.17) is 4.74 Å². The van der Waals surface area contributed by atoms with Crippen molar-refractivity contribution in [2.75, 3.05) is 7.05 Å². The van der Waals surface area contributed by atoms with E-state index in [9.17, 15) is 0 Å². The van der Waals surface area contributed by atoms with E-state index < -0.39 is 0 Å². The van der Waals surface area contributed by atoms with Gasteiger partial charge in [0.15, 0.2) is 5.96 Å². The average molecular weight is 298 g/mol. The third kappa shape index (κ3) is 2.57. The van der Waals surface area contributed by atoms with Gasteiger partial charge in [0.25, 0.3) is 0 Å². The number of rotatable bonds is 3. The van der Waals surface area contributed by atoms with Gasteiger partial charge in [0.1, 0.15) is 0 Å². The summed E-state index contributed by atoms with van der Waals surface area (Å²) in [5.74, 6) is 0.847. The topological polar surface area (TPSA) is 61.4 Å². The summed E-state index contributed by atoms with van der Waals surface area (Å²) in [6.45, 7) is 0.732. The van der Waals surface area contributed by atoms with E-state index in [2.05, 4.69) is 44.9 Å². The molecule has 2 aliphatic rings. The number of benzene rings is 1. The molecule has 3 unspecified atom stereocenters. The molecule has 3 heterocycles. The second-order valence-electron chi connectivity index (χ2n) is 6.17. The Balaban J connectivity index is 1.37. The summed E-state index contributed by atoms with van der Waals surface area (Å²) >= 11 is 0. The number of fused-ring (bicyclic) bond motifs is 3. The first kappa shape index (κ1) is 13.6. The van der Waals surface area contributed by atoms with Crippen LogP contribution in [0.4, 0.5) is 0 Å². The van der Waals surface area contributed by atoms with E-state index in [1.54, 1.807) is 0 Å². The number of aromatic amines is 1. The van der Waals surface area contributed by atoms with Gasteiger partial charge >= 0.3 is 0 Å². The Morgan fingerprint density at radius 1 is 1.36 bits per heavy atom. The molecule has 2 fully saturated rings. The van der Waals surface area contributed by atoms with Crippen LogP contribution in [0, 0.1) is 0 Å². The highest BCUT2D eigenvalue weighted by Crippen LogP contribution is 2.34. The third-order valence-corrected chi connectivity index (χ3v) is 4.68. The molecule has 0 spiro atoms. The van der Waals surface area contributed by atoms with Crippen LogP contribution in [0.15, 0.2) is 35.3 Å². The zero-order valence-corrected chi connectivity index (χ0v) is 12.8. The first-order valence-corrected chi connectivity index (χ1v) is 8.01. The predicted octanol–water partition coefficient (Wildman–Crippen LogP) is 2.15. The molecule has 4 rings (SSSR count). The number of aromatic nitrogens is 1. The molecule has 3 N–H and O–H groups in total. The lowest BCUT2D eigenvalue weighted by atomic mass is 9.96.